The minimum atomic E-state index is -0.932. The van der Waals surface area contributed by atoms with E-state index < -0.39 is 12.1 Å². The zero-order chi connectivity index (χ0) is 14.1. The Kier molecular flexibility index (Phi) is 6.79. The average molecular weight is 266 g/mol. The molecule has 0 aliphatic heterocycles. The van der Waals surface area contributed by atoms with Crippen molar-refractivity contribution in [3.05, 3.63) is 24.3 Å². The van der Waals surface area contributed by atoms with E-state index in [4.69, 9.17) is 14.6 Å². The summed E-state index contributed by atoms with van der Waals surface area (Å²) < 4.78 is 11.1. The maximum absolute atomic E-state index is 11.2. The van der Waals surface area contributed by atoms with Crippen molar-refractivity contribution >= 4 is 5.97 Å². The van der Waals surface area contributed by atoms with E-state index in [-0.39, 0.29) is 0 Å². The molecule has 1 aromatic carbocycles. The van der Waals surface area contributed by atoms with Gasteiger partial charge in [0, 0.05) is 0 Å². The van der Waals surface area contributed by atoms with E-state index in [1.807, 2.05) is 26.0 Å². The molecule has 0 aromatic heterocycles. The molecule has 0 aliphatic carbocycles. The predicted molar refractivity (Wildman–Crippen MR) is 73.8 cm³/mol. The number of carboxylic acid groups (broad SMARTS) is 1. The number of ether oxygens (including phenoxy) is 2. The Hall–Kier alpha value is -1.71. The fraction of sp³-hybridized carbons (Fsp3) is 0.533. The lowest BCUT2D eigenvalue weighted by atomic mass is 10.1. The molecule has 1 atom stereocenters. The van der Waals surface area contributed by atoms with Gasteiger partial charge in [0.1, 0.15) is 0 Å². The molecule has 1 unspecified atom stereocenters. The summed E-state index contributed by atoms with van der Waals surface area (Å²) in [6.45, 7) is 4.63. The molecule has 0 saturated carbocycles. The maximum atomic E-state index is 11.2. The van der Waals surface area contributed by atoms with Gasteiger partial charge in [-0.05, 0) is 31.4 Å². The first-order valence-corrected chi connectivity index (χ1v) is 6.80. The molecular weight excluding hydrogens is 244 g/mol. The third-order valence-corrected chi connectivity index (χ3v) is 2.68. The van der Waals surface area contributed by atoms with Gasteiger partial charge in [-0.1, -0.05) is 32.4 Å². The fourth-order valence-corrected chi connectivity index (χ4v) is 1.65. The van der Waals surface area contributed by atoms with E-state index in [0.29, 0.717) is 24.5 Å². The maximum Gasteiger partial charge on any atom is 0.344 e. The number of benzene rings is 1. The lowest BCUT2D eigenvalue weighted by molar-refractivity contribution is -0.145. The summed E-state index contributed by atoms with van der Waals surface area (Å²) in [4.78, 5) is 11.2. The van der Waals surface area contributed by atoms with Gasteiger partial charge in [0.05, 0.1) is 6.61 Å². The first kappa shape index (κ1) is 15.3. The van der Waals surface area contributed by atoms with Gasteiger partial charge in [0.15, 0.2) is 17.6 Å². The molecule has 0 heterocycles. The SMILES string of the molecule is CCCCC(Oc1ccccc1OCCC)C(=O)O. The largest absolute Gasteiger partial charge is 0.490 e. The number of hydrogen-bond acceptors (Lipinski definition) is 3. The molecule has 0 radical (unpaired) electrons. The van der Waals surface area contributed by atoms with Crippen LogP contribution < -0.4 is 9.47 Å². The molecule has 0 bridgehead atoms. The van der Waals surface area contributed by atoms with Crippen LogP contribution in [0.5, 0.6) is 11.5 Å². The highest BCUT2D eigenvalue weighted by Crippen LogP contribution is 2.28. The summed E-state index contributed by atoms with van der Waals surface area (Å²) in [5, 5.41) is 9.16. The van der Waals surface area contributed by atoms with Crippen LogP contribution in [0.4, 0.5) is 0 Å². The highest BCUT2D eigenvalue weighted by atomic mass is 16.5. The highest BCUT2D eigenvalue weighted by molar-refractivity contribution is 5.72. The van der Waals surface area contributed by atoms with Crippen LogP contribution in [0, 0.1) is 0 Å². The van der Waals surface area contributed by atoms with E-state index in [0.717, 1.165) is 19.3 Å². The van der Waals surface area contributed by atoms with Crippen LogP contribution >= 0.6 is 0 Å². The number of para-hydroxylation sites is 2. The molecule has 1 rings (SSSR count). The zero-order valence-corrected chi connectivity index (χ0v) is 11.6. The van der Waals surface area contributed by atoms with Crippen molar-refractivity contribution in [3.63, 3.8) is 0 Å². The van der Waals surface area contributed by atoms with E-state index in [2.05, 4.69) is 0 Å². The number of aliphatic carboxylic acids is 1. The Morgan fingerprint density at radius 3 is 2.47 bits per heavy atom. The average Bonchev–Trinajstić information content (AvgIpc) is 2.41. The fourth-order valence-electron chi connectivity index (χ4n) is 1.65. The molecule has 0 spiro atoms. The van der Waals surface area contributed by atoms with Crippen LogP contribution in [0.2, 0.25) is 0 Å². The molecular formula is C15H22O4. The molecule has 0 fully saturated rings. The zero-order valence-electron chi connectivity index (χ0n) is 11.6. The predicted octanol–water partition coefficient (Wildman–Crippen LogP) is 3.50. The molecule has 0 amide bonds. The van der Waals surface area contributed by atoms with Crippen molar-refractivity contribution in [3.8, 4) is 11.5 Å². The van der Waals surface area contributed by atoms with Crippen LogP contribution in [-0.4, -0.2) is 23.8 Å². The van der Waals surface area contributed by atoms with Gasteiger partial charge in [-0.15, -0.1) is 0 Å². The third kappa shape index (κ3) is 5.20. The lowest BCUT2D eigenvalue weighted by Crippen LogP contribution is -2.27. The third-order valence-electron chi connectivity index (χ3n) is 2.68. The Morgan fingerprint density at radius 1 is 1.21 bits per heavy atom. The van der Waals surface area contributed by atoms with Crippen LogP contribution in [0.15, 0.2) is 24.3 Å². The summed E-state index contributed by atoms with van der Waals surface area (Å²) in [6, 6.07) is 7.20. The number of hydrogen-bond donors (Lipinski definition) is 1. The smallest absolute Gasteiger partial charge is 0.344 e. The van der Waals surface area contributed by atoms with Crippen LogP contribution in [0.25, 0.3) is 0 Å². The summed E-state index contributed by atoms with van der Waals surface area (Å²) in [7, 11) is 0. The standard InChI is InChI=1S/C15H22O4/c1-3-5-8-14(15(16)17)19-13-10-7-6-9-12(13)18-11-4-2/h6-7,9-10,14H,3-5,8,11H2,1-2H3,(H,16,17). The Balaban J connectivity index is 2.74. The van der Waals surface area contributed by atoms with Gasteiger partial charge in [-0.25, -0.2) is 4.79 Å². The van der Waals surface area contributed by atoms with Crippen molar-refractivity contribution in [1.29, 1.82) is 0 Å². The summed E-state index contributed by atoms with van der Waals surface area (Å²) in [5.41, 5.74) is 0. The van der Waals surface area contributed by atoms with Gasteiger partial charge in [-0.2, -0.15) is 0 Å². The molecule has 0 saturated heterocycles. The monoisotopic (exact) mass is 266 g/mol. The van der Waals surface area contributed by atoms with E-state index >= 15 is 0 Å². The quantitative estimate of drug-likeness (QED) is 0.743. The number of unbranched alkanes of at least 4 members (excludes halogenated alkanes) is 1. The number of rotatable bonds is 9. The van der Waals surface area contributed by atoms with Gasteiger partial charge < -0.3 is 14.6 Å². The van der Waals surface area contributed by atoms with Gasteiger partial charge in [0.2, 0.25) is 0 Å². The minimum Gasteiger partial charge on any atom is -0.490 e. The second kappa shape index (κ2) is 8.40. The summed E-state index contributed by atoms with van der Waals surface area (Å²) in [6.07, 6.45) is 2.36. The molecule has 106 valence electrons. The molecule has 1 N–H and O–H groups in total. The first-order chi connectivity index (χ1) is 9.19. The van der Waals surface area contributed by atoms with Crippen molar-refractivity contribution in [2.75, 3.05) is 6.61 Å². The van der Waals surface area contributed by atoms with Crippen molar-refractivity contribution < 1.29 is 19.4 Å². The molecule has 1 aromatic rings. The minimum absolute atomic E-state index is 0.499. The molecule has 4 nitrogen and oxygen atoms in total. The van der Waals surface area contributed by atoms with E-state index in [1.165, 1.54) is 0 Å². The Labute approximate surface area is 114 Å². The van der Waals surface area contributed by atoms with Crippen LogP contribution in [0.1, 0.15) is 39.5 Å². The van der Waals surface area contributed by atoms with Crippen LogP contribution in [0.3, 0.4) is 0 Å². The highest BCUT2D eigenvalue weighted by Gasteiger charge is 2.20. The normalized spacial score (nSPS) is 11.9. The summed E-state index contributed by atoms with van der Waals surface area (Å²) in [5.74, 6) is 0.172. The van der Waals surface area contributed by atoms with E-state index in [9.17, 15) is 4.79 Å². The topological polar surface area (TPSA) is 55.8 Å². The van der Waals surface area contributed by atoms with Crippen molar-refractivity contribution in [1.82, 2.24) is 0 Å². The van der Waals surface area contributed by atoms with Crippen molar-refractivity contribution in [2.45, 2.75) is 45.6 Å². The molecule has 4 heteroatoms. The Morgan fingerprint density at radius 2 is 1.89 bits per heavy atom. The lowest BCUT2D eigenvalue weighted by Gasteiger charge is -2.17. The first-order valence-electron chi connectivity index (χ1n) is 6.80. The number of carbonyl (C=O) groups is 1. The second-order valence-corrected chi connectivity index (χ2v) is 4.38. The molecule has 0 aliphatic rings. The second-order valence-electron chi connectivity index (χ2n) is 4.38. The van der Waals surface area contributed by atoms with E-state index in [1.54, 1.807) is 12.1 Å². The van der Waals surface area contributed by atoms with Gasteiger partial charge in [0.25, 0.3) is 0 Å². The van der Waals surface area contributed by atoms with Crippen molar-refractivity contribution in [2.24, 2.45) is 0 Å². The Bertz CT molecular complexity index is 389. The summed E-state index contributed by atoms with van der Waals surface area (Å²) >= 11 is 0. The van der Waals surface area contributed by atoms with Crippen LogP contribution in [-0.2, 0) is 4.79 Å². The number of carboxylic acids is 1. The molecule has 19 heavy (non-hydrogen) atoms. The van der Waals surface area contributed by atoms with Gasteiger partial charge in [-0.3, -0.25) is 0 Å². The van der Waals surface area contributed by atoms with Gasteiger partial charge >= 0.3 is 5.97 Å².